The van der Waals surface area contributed by atoms with Crippen LogP contribution in [-0.2, 0) is 10.0 Å². The second kappa shape index (κ2) is 6.91. The third kappa shape index (κ3) is 4.16. The van der Waals surface area contributed by atoms with Crippen LogP contribution < -0.4 is 10.3 Å². The molecular weight excluding hydrogens is 340 g/mol. The molecule has 0 radical (unpaired) electrons. The first-order valence-electron chi connectivity index (χ1n) is 6.49. The molecule has 0 unspecified atom stereocenters. The lowest BCUT2D eigenvalue weighted by Gasteiger charge is -2.10. The molecule has 2 rings (SSSR count). The third-order valence-electron chi connectivity index (χ3n) is 2.97. The molecule has 0 aromatic heterocycles. The zero-order valence-electron chi connectivity index (χ0n) is 12.0. The van der Waals surface area contributed by atoms with Crippen molar-refractivity contribution in [3.8, 4) is 0 Å². The first-order chi connectivity index (χ1) is 10.8. The second-order valence-electron chi connectivity index (χ2n) is 4.62. The Morgan fingerprint density at radius 2 is 1.74 bits per heavy atom. The van der Waals surface area contributed by atoms with E-state index in [1.54, 1.807) is 12.1 Å². The molecule has 23 heavy (non-hydrogen) atoms. The summed E-state index contributed by atoms with van der Waals surface area (Å²) in [6, 6.07) is 11.7. The molecule has 6 nitrogen and oxygen atoms in total. The van der Waals surface area contributed by atoms with Crippen molar-refractivity contribution in [3.63, 3.8) is 0 Å². The Hall–Kier alpha value is -2.22. The molecular formula is C15H13ClN2O4S. The Bertz CT molecular complexity index is 865. The summed E-state index contributed by atoms with van der Waals surface area (Å²) in [7, 11) is -4.01. The molecule has 120 valence electrons. The number of halogens is 1. The Morgan fingerprint density at radius 3 is 2.39 bits per heavy atom. The van der Waals surface area contributed by atoms with Gasteiger partial charge in [0.05, 0.1) is 15.5 Å². The van der Waals surface area contributed by atoms with E-state index in [4.69, 9.17) is 11.6 Å². The number of nitrogens with one attached hydrogen (secondary N) is 2. The van der Waals surface area contributed by atoms with E-state index in [9.17, 15) is 18.0 Å². The van der Waals surface area contributed by atoms with Crippen LogP contribution in [0.15, 0.2) is 53.4 Å². The molecule has 2 N–H and O–H groups in total. The Morgan fingerprint density at radius 1 is 1.04 bits per heavy atom. The smallest absolute Gasteiger partial charge is 0.267 e. The number of carbonyl (C=O) groups excluding carboxylic acids is 2. The molecule has 0 fully saturated rings. The van der Waals surface area contributed by atoms with Crippen LogP contribution >= 0.6 is 11.6 Å². The minimum atomic E-state index is -4.01. The molecule has 8 heteroatoms. The van der Waals surface area contributed by atoms with E-state index in [-0.39, 0.29) is 26.8 Å². The lowest BCUT2D eigenvalue weighted by molar-refractivity contribution is 0.0944. The molecule has 1 amide bonds. The van der Waals surface area contributed by atoms with Crippen molar-refractivity contribution in [2.45, 2.75) is 11.8 Å². The number of rotatable bonds is 5. The molecule has 2 aromatic carbocycles. The van der Waals surface area contributed by atoms with Gasteiger partial charge in [-0.25, -0.2) is 8.42 Å². The highest BCUT2D eigenvalue weighted by molar-refractivity contribution is 7.89. The quantitative estimate of drug-likeness (QED) is 0.637. The van der Waals surface area contributed by atoms with Crippen LogP contribution in [0.5, 0.6) is 0 Å². The first kappa shape index (κ1) is 17.1. The van der Waals surface area contributed by atoms with E-state index in [0.29, 0.717) is 0 Å². The summed E-state index contributed by atoms with van der Waals surface area (Å²) in [6.07, 6.45) is 0. The summed E-state index contributed by atoms with van der Waals surface area (Å²) in [5, 5.41) is 0.197. The molecule has 0 saturated carbocycles. The van der Waals surface area contributed by atoms with Crippen LogP contribution in [0.4, 0.5) is 0 Å². The highest BCUT2D eigenvalue weighted by atomic mass is 35.5. The maximum absolute atomic E-state index is 12.2. The van der Waals surface area contributed by atoms with Gasteiger partial charge in [-0.15, -0.1) is 4.83 Å². The Labute approximate surface area is 138 Å². The van der Waals surface area contributed by atoms with Crippen LogP contribution in [0, 0.1) is 0 Å². The number of ketones is 1. The normalized spacial score (nSPS) is 11.0. The molecule has 0 spiro atoms. The summed E-state index contributed by atoms with van der Waals surface area (Å²) in [4.78, 5) is 25.1. The van der Waals surface area contributed by atoms with E-state index < -0.39 is 15.9 Å². The van der Waals surface area contributed by atoms with E-state index >= 15 is 0 Å². The maximum Gasteiger partial charge on any atom is 0.267 e. The highest BCUT2D eigenvalue weighted by Crippen LogP contribution is 2.15. The fraction of sp³-hybridized carbons (Fsp3) is 0.0667. The molecule has 2 aromatic rings. The van der Waals surface area contributed by atoms with Gasteiger partial charge in [-0.2, -0.15) is 0 Å². The van der Waals surface area contributed by atoms with Crippen LogP contribution in [-0.4, -0.2) is 20.1 Å². The fourth-order valence-corrected chi connectivity index (χ4v) is 2.87. The Kier molecular flexibility index (Phi) is 5.15. The molecule has 0 aliphatic heterocycles. The summed E-state index contributed by atoms with van der Waals surface area (Å²) in [5.41, 5.74) is 2.47. The van der Waals surface area contributed by atoms with Gasteiger partial charge in [-0.1, -0.05) is 35.9 Å². The molecule has 0 aliphatic rings. The standard InChI is InChI=1S/C15H13ClN2O4S/c1-10(19)11-5-4-6-12(9-11)23(21,22)18-17-15(20)13-7-2-3-8-14(13)16/h2-9,18H,1H3,(H,17,20). The van der Waals surface area contributed by atoms with Crippen molar-refractivity contribution in [3.05, 3.63) is 64.7 Å². The van der Waals surface area contributed by atoms with E-state index in [1.807, 2.05) is 4.83 Å². The van der Waals surface area contributed by atoms with Gasteiger partial charge in [0.2, 0.25) is 0 Å². The topological polar surface area (TPSA) is 92.3 Å². The number of amides is 1. The molecule has 0 saturated heterocycles. The van der Waals surface area contributed by atoms with Crippen molar-refractivity contribution in [1.29, 1.82) is 0 Å². The average molecular weight is 353 g/mol. The highest BCUT2D eigenvalue weighted by Gasteiger charge is 2.17. The molecule has 0 atom stereocenters. The summed E-state index contributed by atoms with van der Waals surface area (Å²) in [5.74, 6) is -0.955. The summed E-state index contributed by atoms with van der Waals surface area (Å²) in [6.45, 7) is 1.33. The van der Waals surface area contributed by atoms with E-state index in [0.717, 1.165) is 0 Å². The number of Topliss-reactive ketones (excluding diaryl/α,β-unsaturated/α-hetero) is 1. The van der Waals surface area contributed by atoms with E-state index in [2.05, 4.69) is 5.43 Å². The van der Waals surface area contributed by atoms with Gasteiger partial charge in [0, 0.05) is 5.56 Å². The van der Waals surface area contributed by atoms with Crippen molar-refractivity contribution in [2.75, 3.05) is 0 Å². The third-order valence-corrected chi connectivity index (χ3v) is 4.54. The summed E-state index contributed by atoms with van der Waals surface area (Å²) < 4.78 is 24.3. The largest absolute Gasteiger partial charge is 0.295 e. The van der Waals surface area contributed by atoms with Crippen LogP contribution in [0.1, 0.15) is 27.6 Å². The zero-order valence-corrected chi connectivity index (χ0v) is 13.6. The zero-order chi connectivity index (χ0) is 17.0. The average Bonchev–Trinajstić information content (AvgIpc) is 2.53. The number of hydrogen-bond donors (Lipinski definition) is 2. The van der Waals surface area contributed by atoms with Crippen molar-refractivity contribution in [2.24, 2.45) is 0 Å². The SMILES string of the molecule is CC(=O)c1cccc(S(=O)(=O)NNC(=O)c2ccccc2Cl)c1. The minimum Gasteiger partial charge on any atom is -0.295 e. The van der Waals surface area contributed by atoms with Gasteiger partial charge in [-0.05, 0) is 31.2 Å². The van der Waals surface area contributed by atoms with Gasteiger partial charge in [0.1, 0.15) is 0 Å². The molecule has 0 heterocycles. The number of hydrogen-bond acceptors (Lipinski definition) is 4. The van der Waals surface area contributed by atoms with Gasteiger partial charge in [-0.3, -0.25) is 15.0 Å². The van der Waals surface area contributed by atoms with Crippen molar-refractivity contribution < 1.29 is 18.0 Å². The van der Waals surface area contributed by atoms with E-state index in [1.165, 1.54) is 43.3 Å². The van der Waals surface area contributed by atoms with Gasteiger partial charge >= 0.3 is 0 Å². The fourth-order valence-electron chi connectivity index (χ4n) is 1.77. The van der Waals surface area contributed by atoms with Crippen molar-refractivity contribution in [1.82, 2.24) is 10.3 Å². The first-order valence-corrected chi connectivity index (χ1v) is 8.35. The number of benzene rings is 2. The number of sulfonamides is 1. The Balaban J connectivity index is 2.16. The predicted octanol–water partition coefficient (Wildman–Crippen LogP) is 2.17. The second-order valence-corrected chi connectivity index (χ2v) is 6.71. The molecule has 0 bridgehead atoms. The lowest BCUT2D eigenvalue weighted by atomic mass is 10.2. The van der Waals surface area contributed by atoms with Gasteiger partial charge in [0.25, 0.3) is 15.9 Å². The monoisotopic (exact) mass is 352 g/mol. The van der Waals surface area contributed by atoms with Crippen molar-refractivity contribution >= 4 is 33.3 Å². The predicted molar refractivity (Wildman–Crippen MR) is 85.7 cm³/mol. The minimum absolute atomic E-state index is 0.134. The number of carbonyl (C=O) groups is 2. The molecule has 0 aliphatic carbocycles. The van der Waals surface area contributed by atoms with Gasteiger partial charge < -0.3 is 0 Å². The van der Waals surface area contributed by atoms with Crippen LogP contribution in [0.3, 0.4) is 0 Å². The van der Waals surface area contributed by atoms with Gasteiger partial charge in [0.15, 0.2) is 5.78 Å². The summed E-state index contributed by atoms with van der Waals surface area (Å²) >= 11 is 5.87. The van der Waals surface area contributed by atoms with Crippen LogP contribution in [0.2, 0.25) is 5.02 Å². The number of hydrazine groups is 1. The lowest BCUT2D eigenvalue weighted by Crippen LogP contribution is -2.41. The van der Waals surface area contributed by atoms with Crippen LogP contribution in [0.25, 0.3) is 0 Å². The maximum atomic E-state index is 12.2.